The van der Waals surface area contributed by atoms with E-state index in [2.05, 4.69) is 44.9 Å². The van der Waals surface area contributed by atoms with Gasteiger partial charge in [0, 0.05) is 39.1 Å². The second-order valence-electron chi connectivity index (χ2n) is 6.29. The van der Waals surface area contributed by atoms with Gasteiger partial charge in [-0.05, 0) is 35.2 Å². The molecule has 3 aromatic rings. The van der Waals surface area contributed by atoms with Crippen LogP contribution in [0.3, 0.4) is 0 Å². The van der Waals surface area contributed by atoms with Gasteiger partial charge in [-0.3, -0.25) is 4.99 Å². The van der Waals surface area contributed by atoms with E-state index < -0.39 is 0 Å². The topological polar surface area (TPSA) is 54.2 Å². The Morgan fingerprint density at radius 1 is 1.07 bits per heavy atom. The number of imidazole rings is 1. The minimum atomic E-state index is -0.203. The van der Waals surface area contributed by atoms with Gasteiger partial charge in [0.1, 0.15) is 5.82 Å². The average Bonchev–Trinajstić information content (AvgIpc) is 3.18. The van der Waals surface area contributed by atoms with Crippen LogP contribution in [0.25, 0.3) is 0 Å². The Labute approximate surface area is 182 Å². The zero-order chi connectivity index (χ0) is 18.9. The third-order valence-corrected chi connectivity index (χ3v) is 4.19. The van der Waals surface area contributed by atoms with Gasteiger partial charge in [-0.2, -0.15) is 0 Å². The van der Waals surface area contributed by atoms with E-state index >= 15 is 0 Å². The number of hydrogen-bond acceptors (Lipinski definition) is 2. The molecular formula is C21H25FIN5. The van der Waals surface area contributed by atoms with Crippen LogP contribution in [0.1, 0.15) is 16.7 Å². The second-order valence-corrected chi connectivity index (χ2v) is 6.29. The molecule has 0 fully saturated rings. The van der Waals surface area contributed by atoms with E-state index in [0.29, 0.717) is 13.1 Å². The van der Waals surface area contributed by atoms with Crippen molar-refractivity contribution in [2.75, 3.05) is 13.6 Å². The number of hydrogen-bond donors (Lipinski definition) is 2. The van der Waals surface area contributed by atoms with Gasteiger partial charge in [0.15, 0.2) is 5.96 Å². The van der Waals surface area contributed by atoms with Gasteiger partial charge in [-0.1, -0.05) is 36.4 Å². The van der Waals surface area contributed by atoms with Crippen molar-refractivity contribution < 1.29 is 4.39 Å². The highest BCUT2D eigenvalue weighted by atomic mass is 127. The summed E-state index contributed by atoms with van der Waals surface area (Å²) in [5.74, 6) is 0.525. The molecule has 28 heavy (non-hydrogen) atoms. The molecule has 0 aliphatic heterocycles. The number of benzene rings is 2. The Balaban J connectivity index is 0.00000280. The van der Waals surface area contributed by atoms with Crippen LogP contribution in [-0.2, 0) is 19.5 Å². The first-order chi connectivity index (χ1) is 13.2. The fourth-order valence-electron chi connectivity index (χ4n) is 2.85. The Hall–Kier alpha value is -2.42. The SMILES string of the molecule is CN=C(NCCc1cccc(F)c1)NCc1cccc(Cn2ccnc2)c1.I. The largest absolute Gasteiger partial charge is 0.356 e. The predicted octanol–water partition coefficient (Wildman–Crippen LogP) is 3.60. The van der Waals surface area contributed by atoms with Gasteiger partial charge >= 0.3 is 0 Å². The maximum atomic E-state index is 13.2. The third-order valence-electron chi connectivity index (χ3n) is 4.19. The summed E-state index contributed by atoms with van der Waals surface area (Å²) in [5, 5.41) is 6.58. The summed E-state index contributed by atoms with van der Waals surface area (Å²) in [6, 6.07) is 15.1. The van der Waals surface area contributed by atoms with Crippen LogP contribution < -0.4 is 10.6 Å². The lowest BCUT2D eigenvalue weighted by Crippen LogP contribution is -2.37. The monoisotopic (exact) mass is 493 g/mol. The molecule has 2 N–H and O–H groups in total. The third kappa shape index (κ3) is 6.95. The van der Waals surface area contributed by atoms with Crippen LogP contribution in [0.15, 0.2) is 72.2 Å². The molecule has 7 heteroatoms. The summed E-state index contributed by atoms with van der Waals surface area (Å²) < 4.78 is 15.3. The molecule has 148 valence electrons. The molecule has 0 bridgehead atoms. The smallest absolute Gasteiger partial charge is 0.191 e. The second kappa shape index (κ2) is 11.4. The van der Waals surface area contributed by atoms with E-state index in [-0.39, 0.29) is 29.8 Å². The first-order valence-electron chi connectivity index (χ1n) is 8.95. The standard InChI is InChI=1S/C21H24FN5.HI/c1-23-21(25-9-8-17-4-3-7-20(22)13-17)26-14-18-5-2-6-19(12-18)15-27-11-10-24-16-27;/h2-7,10-13,16H,8-9,14-15H2,1H3,(H2,23,25,26);1H. The molecule has 0 radical (unpaired) electrons. The molecule has 2 aromatic carbocycles. The number of nitrogens with one attached hydrogen (secondary N) is 2. The minimum Gasteiger partial charge on any atom is -0.356 e. The summed E-state index contributed by atoms with van der Waals surface area (Å²) in [5.41, 5.74) is 3.37. The van der Waals surface area contributed by atoms with E-state index in [1.165, 1.54) is 17.2 Å². The Bertz CT molecular complexity index is 880. The number of halogens is 2. The molecule has 0 saturated carbocycles. The van der Waals surface area contributed by atoms with E-state index in [4.69, 9.17) is 0 Å². The highest BCUT2D eigenvalue weighted by molar-refractivity contribution is 14.0. The lowest BCUT2D eigenvalue weighted by molar-refractivity contribution is 0.625. The van der Waals surface area contributed by atoms with E-state index in [1.54, 1.807) is 25.4 Å². The maximum absolute atomic E-state index is 13.2. The van der Waals surface area contributed by atoms with Crippen LogP contribution in [-0.4, -0.2) is 29.1 Å². The molecule has 0 atom stereocenters. The molecule has 0 spiro atoms. The number of aromatic nitrogens is 2. The quantitative estimate of drug-likeness (QED) is 0.301. The summed E-state index contributed by atoms with van der Waals surface area (Å²) in [7, 11) is 1.74. The zero-order valence-electron chi connectivity index (χ0n) is 15.8. The summed E-state index contributed by atoms with van der Waals surface area (Å²) >= 11 is 0. The molecule has 0 unspecified atom stereocenters. The molecule has 0 saturated heterocycles. The lowest BCUT2D eigenvalue weighted by Gasteiger charge is -2.13. The molecule has 5 nitrogen and oxygen atoms in total. The number of guanidine groups is 1. The van der Waals surface area contributed by atoms with E-state index in [9.17, 15) is 4.39 Å². The van der Waals surface area contributed by atoms with Crippen LogP contribution in [0.2, 0.25) is 0 Å². The number of aliphatic imine (C=N–C) groups is 1. The van der Waals surface area contributed by atoms with E-state index in [1.807, 2.05) is 23.2 Å². The highest BCUT2D eigenvalue weighted by Crippen LogP contribution is 2.07. The van der Waals surface area contributed by atoms with Crippen molar-refractivity contribution in [3.63, 3.8) is 0 Å². The molecule has 3 rings (SSSR count). The Kier molecular flexibility index (Phi) is 8.93. The number of rotatable bonds is 7. The lowest BCUT2D eigenvalue weighted by atomic mass is 10.1. The fraction of sp³-hybridized carbons (Fsp3) is 0.238. The van der Waals surface area contributed by atoms with Crippen molar-refractivity contribution >= 4 is 29.9 Å². The van der Waals surface area contributed by atoms with Crippen LogP contribution >= 0.6 is 24.0 Å². The Morgan fingerprint density at radius 3 is 2.61 bits per heavy atom. The molecule has 0 aliphatic carbocycles. The van der Waals surface area contributed by atoms with Crippen molar-refractivity contribution in [3.8, 4) is 0 Å². The van der Waals surface area contributed by atoms with Gasteiger partial charge in [0.05, 0.1) is 6.33 Å². The van der Waals surface area contributed by atoms with Crippen molar-refractivity contribution in [2.45, 2.75) is 19.5 Å². The molecular weight excluding hydrogens is 468 g/mol. The van der Waals surface area contributed by atoms with Crippen molar-refractivity contribution in [1.29, 1.82) is 0 Å². The predicted molar refractivity (Wildman–Crippen MR) is 121 cm³/mol. The van der Waals surface area contributed by atoms with Crippen molar-refractivity contribution in [2.24, 2.45) is 4.99 Å². The maximum Gasteiger partial charge on any atom is 0.191 e. The van der Waals surface area contributed by atoms with Crippen LogP contribution in [0.5, 0.6) is 0 Å². The summed E-state index contributed by atoms with van der Waals surface area (Å²) in [6.45, 7) is 2.16. The van der Waals surface area contributed by atoms with Gasteiger partial charge < -0.3 is 15.2 Å². The first kappa shape index (κ1) is 21.9. The van der Waals surface area contributed by atoms with Gasteiger partial charge in [0.2, 0.25) is 0 Å². The Morgan fingerprint density at radius 2 is 1.86 bits per heavy atom. The van der Waals surface area contributed by atoms with Crippen LogP contribution in [0.4, 0.5) is 4.39 Å². The van der Waals surface area contributed by atoms with Gasteiger partial charge in [-0.25, -0.2) is 9.37 Å². The first-order valence-corrected chi connectivity index (χ1v) is 8.95. The van der Waals surface area contributed by atoms with Crippen molar-refractivity contribution in [3.05, 3.63) is 89.8 Å². The fourth-order valence-corrected chi connectivity index (χ4v) is 2.85. The van der Waals surface area contributed by atoms with Gasteiger partial charge in [0.25, 0.3) is 0 Å². The van der Waals surface area contributed by atoms with Crippen LogP contribution in [0, 0.1) is 5.82 Å². The highest BCUT2D eigenvalue weighted by Gasteiger charge is 2.01. The summed E-state index contributed by atoms with van der Waals surface area (Å²) in [4.78, 5) is 8.32. The van der Waals surface area contributed by atoms with E-state index in [0.717, 1.165) is 24.5 Å². The minimum absolute atomic E-state index is 0. The molecule has 0 aliphatic rings. The van der Waals surface area contributed by atoms with Crippen molar-refractivity contribution in [1.82, 2.24) is 20.2 Å². The molecule has 1 heterocycles. The summed E-state index contributed by atoms with van der Waals surface area (Å²) in [6.07, 6.45) is 6.29. The average molecular weight is 493 g/mol. The molecule has 1 aromatic heterocycles. The normalized spacial score (nSPS) is 11.0. The molecule has 0 amide bonds. The zero-order valence-corrected chi connectivity index (χ0v) is 18.1. The number of nitrogens with zero attached hydrogens (tertiary/aromatic N) is 3. The van der Waals surface area contributed by atoms with Gasteiger partial charge in [-0.15, -0.1) is 24.0 Å².